The van der Waals surface area contributed by atoms with E-state index in [2.05, 4.69) is 30.1 Å². The van der Waals surface area contributed by atoms with E-state index in [0.29, 0.717) is 18.3 Å². The summed E-state index contributed by atoms with van der Waals surface area (Å²) >= 11 is 0. The molecule has 3 N–H and O–H groups in total. The van der Waals surface area contributed by atoms with Gasteiger partial charge in [0.15, 0.2) is 5.82 Å². The Kier molecular flexibility index (Phi) is 2.78. The summed E-state index contributed by atoms with van der Waals surface area (Å²) in [6, 6.07) is 0. The van der Waals surface area contributed by atoms with Gasteiger partial charge < -0.3 is 14.9 Å². The summed E-state index contributed by atoms with van der Waals surface area (Å²) in [5, 5.41) is 8.13. The molecule has 1 fully saturated rings. The van der Waals surface area contributed by atoms with E-state index in [1.54, 1.807) is 6.33 Å². The third-order valence-corrected chi connectivity index (χ3v) is 4.16. The molecule has 0 spiro atoms. The average Bonchev–Trinajstić information content (AvgIpc) is 3.25. The van der Waals surface area contributed by atoms with Gasteiger partial charge in [-0.3, -0.25) is 0 Å². The molecule has 4 rings (SSSR count). The van der Waals surface area contributed by atoms with Crippen LogP contribution in [-0.4, -0.2) is 31.3 Å². The van der Waals surface area contributed by atoms with Crippen LogP contribution in [-0.2, 0) is 13.1 Å². The molecule has 2 aromatic heterocycles. The van der Waals surface area contributed by atoms with Crippen LogP contribution in [0.5, 0.6) is 0 Å². The Balaban J connectivity index is 1.72. The molecule has 8 heteroatoms. The Labute approximate surface area is 122 Å². The molecule has 0 amide bonds. The lowest BCUT2D eigenvalue weighted by Crippen LogP contribution is -2.35. The number of fused-ring (bicyclic) bond motifs is 1. The van der Waals surface area contributed by atoms with Gasteiger partial charge in [-0.25, -0.2) is 15.8 Å². The van der Waals surface area contributed by atoms with Crippen LogP contribution in [0, 0.1) is 6.92 Å². The lowest BCUT2D eigenvalue weighted by molar-refractivity contribution is 0.554. The number of aromatic nitrogens is 5. The van der Waals surface area contributed by atoms with Crippen LogP contribution < -0.4 is 16.2 Å². The van der Waals surface area contributed by atoms with E-state index in [4.69, 9.17) is 10.8 Å². The molecule has 110 valence electrons. The highest BCUT2D eigenvalue weighted by Gasteiger charge is 2.30. The quantitative estimate of drug-likeness (QED) is 0.628. The first-order chi connectivity index (χ1) is 10.3. The molecule has 0 atom stereocenters. The molecule has 2 aromatic rings. The molecule has 0 aromatic carbocycles. The zero-order chi connectivity index (χ0) is 14.4. The van der Waals surface area contributed by atoms with Crippen molar-refractivity contribution < 1.29 is 0 Å². The molecular formula is C13H18N8. The van der Waals surface area contributed by atoms with Crippen LogP contribution >= 0.6 is 0 Å². The minimum absolute atomic E-state index is 0.491. The van der Waals surface area contributed by atoms with Crippen molar-refractivity contribution in [1.82, 2.24) is 24.7 Å². The van der Waals surface area contributed by atoms with Gasteiger partial charge in [0.2, 0.25) is 0 Å². The SMILES string of the molecule is Cc1c(NN)nc(C2CC2)nc1N1CCn2cnnc2C1. The Morgan fingerprint density at radius 3 is 2.90 bits per heavy atom. The predicted octanol–water partition coefficient (Wildman–Crippen LogP) is 0.560. The summed E-state index contributed by atoms with van der Waals surface area (Å²) < 4.78 is 2.08. The molecule has 8 nitrogen and oxygen atoms in total. The number of hydrogen-bond acceptors (Lipinski definition) is 7. The summed E-state index contributed by atoms with van der Waals surface area (Å²) in [4.78, 5) is 11.6. The van der Waals surface area contributed by atoms with Crippen molar-refractivity contribution in [1.29, 1.82) is 0 Å². The number of anilines is 2. The van der Waals surface area contributed by atoms with E-state index in [1.807, 2.05) is 6.92 Å². The smallest absolute Gasteiger partial charge is 0.152 e. The lowest BCUT2D eigenvalue weighted by Gasteiger charge is -2.29. The highest BCUT2D eigenvalue weighted by molar-refractivity contribution is 5.58. The molecule has 0 bridgehead atoms. The molecule has 0 unspecified atom stereocenters. The van der Waals surface area contributed by atoms with Gasteiger partial charge in [-0.15, -0.1) is 10.2 Å². The number of nitrogen functional groups attached to an aromatic ring is 1. The van der Waals surface area contributed by atoms with Crippen molar-refractivity contribution in [2.24, 2.45) is 5.84 Å². The van der Waals surface area contributed by atoms with Gasteiger partial charge in [-0.05, 0) is 19.8 Å². The van der Waals surface area contributed by atoms with Crippen molar-refractivity contribution in [3.05, 3.63) is 23.5 Å². The van der Waals surface area contributed by atoms with E-state index in [-0.39, 0.29) is 0 Å². The third-order valence-electron chi connectivity index (χ3n) is 4.16. The number of rotatable bonds is 3. The standard InChI is InChI=1S/C13H18N8/c1-8-11(18-14)16-12(9-2-3-9)17-13(8)20-4-5-21-7-15-19-10(21)6-20/h7,9H,2-6,14H2,1H3,(H,16,17,18). The second-order valence-corrected chi connectivity index (χ2v) is 5.66. The van der Waals surface area contributed by atoms with Crippen molar-refractivity contribution in [3.63, 3.8) is 0 Å². The fraction of sp³-hybridized carbons (Fsp3) is 0.538. The minimum Gasteiger partial charge on any atom is -0.347 e. The number of hydrazine groups is 1. The number of nitrogens with zero attached hydrogens (tertiary/aromatic N) is 6. The van der Waals surface area contributed by atoms with Gasteiger partial charge in [0.05, 0.1) is 6.54 Å². The van der Waals surface area contributed by atoms with Crippen molar-refractivity contribution >= 4 is 11.6 Å². The van der Waals surface area contributed by atoms with Crippen LogP contribution in [0.1, 0.15) is 36.0 Å². The summed E-state index contributed by atoms with van der Waals surface area (Å²) in [6.07, 6.45) is 4.11. The van der Waals surface area contributed by atoms with Gasteiger partial charge in [-0.2, -0.15) is 0 Å². The highest BCUT2D eigenvalue weighted by Crippen LogP contribution is 2.40. The maximum Gasteiger partial charge on any atom is 0.152 e. The lowest BCUT2D eigenvalue weighted by atomic mass is 10.2. The van der Waals surface area contributed by atoms with E-state index >= 15 is 0 Å². The van der Waals surface area contributed by atoms with Gasteiger partial charge >= 0.3 is 0 Å². The van der Waals surface area contributed by atoms with Gasteiger partial charge in [0.1, 0.15) is 23.8 Å². The monoisotopic (exact) mass is 286 g/mol. The molecule has 1 aliphatic carbocycles. The molecule has 3 heterocycles. The first-order valence-corrected chi connectivity index (χ1v) is 7.23. The first-order valence-electron chi connectivity index (χ1n) is 7.23. The van der Waals surface area contributed by atoms with Gasteiger partial charge in [0.25, 0.3) is 0 Å². The van der Waals surface area contributed by atoms with E-state index < -0.39 is 0 Å². The fourth-order valence-electron chi connectivity index (χ4n) is 2.74. The minimum atomic E-state index is 0.491. The Bertz CT molecular complexity index is 675. The summed E-state index contributed by atoms with van der Waals surface area (Å²) in [6.45, 7) is 4.47. The third kappa shape index (κ3) is 2.11. The van der Waals surface area contributed by atoms with Crippen LogP contribution in [0.4, 0.5) is 11.6 Å². The summed E-state index contributed by atoms with van der Waals surface area (Å²) in [7, 11) is 0. The predicted molar refractivity (Wildman–Crippen MR) is 77.6 cm³/mol. The van der Waals surface area contributed by atoms with E-state index in [1.165, 1.54) is 12.8 Å². The molecule has 0 radical (unpaired) electrons. The first kappa shape index (κ1) is 12.5. The van der Waals surface area contributed by atoms with Crippen LogP contribution in [0.15, 0.2) is 6.33 Å². The topological polar surface area (TPSA) is 97.8 Å². The Morgan fingerprint density at radius 2 is 2.14 bits per heavy atom. The molecular weight excluding hydrogens is 268 g/mol. The largest absolute Gasteiger partial charge is 0.347 e. The molecule has 1 aliphatic heterocycles. The van der Waals surface area contributed by atoms with Crippen molar-refractivity contribution in [2.75, 3.05) is 16.9 Å². The number of nitrogens with one attached hydrogen (secondary N) is 1. The Morgan fingerprint density at radius 1 is 1.29 bits per heavy atom. The van der Waals surface area contributed by atoms with E-state index in [0.717, 1.165) is 36.1 Å². The number of hydrogen-bond donors (Lipinski definition) is 2. The van der Waals surface area contributed by atoms with Crippen LogP contribution in [0.2, 0.25) is 0 Å². The second-order valence-electron chi connectivity index (χ2n) is 5.66. The maximum atomic E-state index is 5.61. The summed E-state index contributed by atoms with van der Waals surface area (Å²) in [5.74, 6) is 9.64. The Hall–Kier alpha value is -2.22. The van der Waals surface area contributed by atoms with Gasteiger partial charge in [0, 0.05) is 24.6 Å². The van der Waals surface area contributed by atoms with Crippen LogP contribution in [0.25, 0.3) is 0 Å². The molecule has 21 heavy (non-hydrogen) atoms. The van der Waals surface area contributed by atoms with E-state index in [9.17, 15) is 0 Å². The highest BCUT2D eigenvalue weighted by atomic mass is 15.3. The number of nitrogens with two attached hydrogens (primary N) is 1. The van der Waals surface area contributed by atoms with Gasteiger partial charge in [-0.1, -0.05) is 0 Å². The fourth-order valence-corrected chi connectivity index (χ4v) is 2.74. The summed E-state index contributed by atoms with van der Waals surface area (Å²) in [5.41, 5.74) is 3.68. The molecule has 1 saturated carbocycles. The maximum absolute atomic E-state index is 5.61. The zero-order valence-corrected chi connectivity index (χ0v) is 12.0. The second kappa shape index (κ2) is 4.66. The molecule has 0 saturated heterocycles. The van der Waals surface area contributed by atoms with Crippen molar-refractivity contribution in [2.45, 2.75) is 38.8 Å². The van der Waals surface area contributed by atoms with Crippen molar-refractivity contribution in [3.8, 4) is 0 Å². The average molecular weight is 286 g/mol. The normalized spacial score (nSPS) is 17.7. The van der Waals surface area contributed by atoms with Crippen LogP contribution in [0.3, 0.4) is 0 Å². The molecule has 2 aliphatic rings. The zero-order valence-electron chi connectivity index (χ0n) is 12.0.